The first-order valence-electron chi connectivity index (χ1n) is 5.36. The number of hydrogen-bond acceptors (Lipinski definition) is 1. The molecule has 16 heavy (non-hydrogen) atoms. The molecular formula is C15H15N. The molecule has 0 unspecified atom stereocenters. The van der Waals surface area contributed by atoms with Crippen molar-refractivity contribution >= 4 is 6.08 Å². The van der Waals surface area contributed by atoms with Crippen molar-refractivity contribution in [2.75, 3.05) is 0 Å². The van der Waals surface area contributed by atoms with E-state index in [-0.39, 0.29) is 0 Å². The Labute approximate surface area is 96.2 Å². The van der Waals surface area contributed by atoms with Gasteiger partial charge in [0.15, 0.2) is 0 Å². The molecule has 0 aliphatic carbocycles. The Bertz CT molecular complexity index is 486. The highest BCUT2D eigenvalue weighted by atomic mass is 14.5. The van der Waals surface area contributed by atoms with Crippen molar-refractivity contribution in [1.29, 1.82) is 0 Å². The molecule has 2 aromatic rings. The molecule has 1 nitrogen and oxygen atoms in total. The molecule has 0 saturated carbocycles. The second-order valence-electron chi connectivity index (χ2n) is 3.65. The van der Waals surface area contributed by atoms with Crippen LogP contribution in [0.5, 0.6) is 0 Å². The number of rotatable bonds is 3. The van der Waals surface area contributed by atoms with Gasteiger partial charge in [0, 0.05) is 6.54 Å². The summed E-state index contributed by atoms with van der Waals surface area (Å²) in [4.78, 5) is 0. The summed E-state index contributed by atoms with van der Waals surface area (Å²) in [7, 11) is 0. The Hall–Kier alpha value is -1.86. The van der Waals surface area contributed by atoms with E-state index in [0.717, 1.165) is 11.1 Å². The van der Waals surface area contributed by atoms with Crippen molar-refractivity contribution in [3.8, 4) is 11.1 Å². The van der Waals surface area contributed by atoms with Crippen LogP contribution in [-0.4, -0.2) is 0 Å². The van der Waals surface area contributed by atoms with Gasteiger partial charge in [-0.05, 0) is 22.3 Å². The molecule has 0 fully saturated rings. The minimum Gasteiger partial charge on any atom is -0.326 e. The maximum atomic E-state index is 5.82. The van der Waals surface area contributed by atoms with E-state index in [1.807, 2.05) is 36.4 Å². The van der Waals surface area contributed by atoms with Crippen LogP contribution in [0.3, 0.4) is 0 Å². The molecule has 0 aliphatic heterocycles. The monoisotopic (exact) mass is 209 g/mol. The smallest absolute Gasteiger partial charge is 0.0190 e. The summed E-state index contributed by atoms with van der Waals surface area (Å²) in [5, 5.41) is 0. The Kier molecular flexibility index (Phi) is 3.18. The van der Waals surface area contributed by atoms with Gasteiger partial charge in [0.05, 0.1) is 0 Å². The minimum atomic E-state index is 0.534. The third-order valence-electron chi connectivity index (χ3n) is 2.72. The summed E-state index contributed by atoms with van der Waals surface area (Å²) in [5.41, 5.74) is 10.5. The molecule has 2 aromatic carbocycles. The topological polar surface area (TPSA) is 26.0 Å². The summed E-state index contributed by atoms with van der Waals surface area (Å²) >= 11 is 0. The first-order valence-corrected chi connectivity index (χ1v) is 5.36. The summed E-state index contributed by atoms with van der Waals surface area (Å²) in [6.45, 7) is 4.35. The van der Waals surface area contributed by atoms with Gasteiger partial charge in [-0.25, -0.2) is 0 Å². The molecule has 1 heteroatoms. The van der Waals surface area contributed by atoms with Gasteiger partial charge < -0.3 is 5.73 Å². The predicted molar refractivity (Wildman–Crippen MR) is 69.9 cm³/mol. The fraction of sp³-hybridized carbons (Fsp3) is 0.0667. The average Bonchev–Trinajstić information content (AvgIpc) is 2.38. The molecule has 0 spiro atoms. The van der Waals surface area contributed by atoms with E-state index in [1.165, 1.54) is 11.1 Å². The molecule has 0 aromatic heterocycles. The molecule has 0 amide bonds. The third-order valence-corrected chi connectivity index (χ3v) is 2.72. The van der Waals surface area contributed by atoms with Gasteiger partial charge >= 0.3 is 0 Å². The maximum absolute atomic E-state index is 5.82. The second-order valence-corrected chi connectivity index (χ2v) is 3.65. The van der Waals surface area contributed by atoms with Crippen LogP contribution in [0.2, 0.25) is 0 Å². The number of nitrogens with two attached hydrogens (primary N) is 1. The van der Waals surface area contributed by atoms with E-state index >= 15 is 0 Å². The van der Waals surface area contributed by atoms with Crippen LogP contribution < -0.4 is 5.73 Å². The lowest BCUT2D eigenvalue weighted by molar-refractivity contribution is 1.07. The largest absolute Gasteiger partial charge is 0.326 e. The number of hydrogen-bond donors (Lipinski definition) is 1. The Morgan fingerprint density at radius 1 is 1.00 bits per heavy atom. The zero-order chi connectivity index (χ0) is 11.4. The lowest BCUT2D eigenvalue weighted by Gasteiger charge is -2.11. The van der Waals surface area contributed by atoms with Crippen molar-refractivity contribution in [1.82, 2.24) is 0 Å². The van der Waals surface area contributed by atoms with Crippen molar-refractivity contribution in [2.24, 2.45) is 5.73 Å². The van der Waals surface area contributed by atoms with Gasteiger partial charge in [-0.1, -0.05) is 61.2 Å². The van der Waals surface area contributed by atoms with Crippen LogP contribution in [0.4, 0.5) is 0 Å². The standard InChI is InChI=1S/C15H15N/c1-2-12-9-6-10-14(15(12)11-16)13-7-4-3-5-8-13/h2-10H,1,11,16H2. The van der Waals surface area contributed by atoms with Crippen LogP contribution in [0, 0.1) is 0 Å². The summed E-state index contributed by atoms with van der Waals surface area (Å²) < 4.78 is 0. The molecule has 0 aliphatic rings. The number of benzene rings is 2. The minimum absolute atomic E-state index is 0.534. The highest BCUT2D eigenvalue weighted by molar-refractivity contribution is 5.72. The lowest BCUT2D eigenvalue weighted by atomic mass is 9.95. The molecule has 0 saturated heterocycles. The first kappa shape index (κ1) is 10.7. The van der Waals surface area contributed by atoms with Crippen LogP contribution in [0.15, 0.2) is 55.1 Å². The van der Waals surface area contributed by atoms with Crippen molar-refractivity contribution in [2.45, 2.75) is 6.54 Å². The van der Waals surface area contributed by atoms with Crippen LogP contribution in [0.25, 0.3) is 17.2 Å². The molecule has 2 N–H and O–H groups in total. The lowest BCUT2D eigenvalue weighted by Crippen LogP contribution is -2.01. The Morgan fingerprint density at radius 2 is 1.75 bits per heavy atom. The van der Waals surface area contributed by atoms with Gasteiger partial charge in [0.2, 0.25) is 0 Å². The van der Waals surface area contributed by atoms with Crippen molar-refractivity contribution < 1.29 is 0 Å². The van der Waals surface area contributed by atoms with Crippen LogP contribution in [0.1, 0.15) is 11.1 Å². The van der Waals surface area contributed by atoms with Gasteiger partial charge in [-0.15, -0.1) is 0 Å². The quantitative estimate of drug-likeness (QED) is 0.823. The van der Waals surface area contributed by atoms with Crippen molar-refractivity contribution in [3.05, 3.63) is 66.2 Å². The van der Waals surface area contributed by atoms with Crippen LogP contribution >= 0.6 is 0 Å². The molecular weight excluding hydrogens is 194 g/mol. The Balaban J connectivity index is 2.61. The summed E-state index contributed by atoms with van der Waals surface area (Å²) in [6.07, 6.45) is 1.86. The SMILES string of the molecule is C=Cc1cccc(-c2ccccc2)c1CN. The highest BCUT2D eigenvalue weighted by Crippen LogP contribution is 2.26. The normalized spacial score (nSPS) is 10.1. The van der Waals surface area contributed by atoms with Gasteiger partial charge in [-0.2, -0.15) is 0 Å². The molecule has 0 atom stereocenters. The zero-order valence-corrected chi connectivity index (χ0v) is 9.19. The zero-order valence-electron chi connectivity index (χ0n) is 9.19. The first-order chi connectivity index (χ1) is 7.86. The summed E-state index contributed by atoms with van der Waals surface area (Å²) in [6, 6.07) is 16.5. The average molecular weight is 209 g/mol. The third kappa shape index (κ3) is 1.90. The van der Waals surface area contributed by atoms with E-state index in [0.29, 0.717) is 6.54 Å². The Morgan fingerprint density at radius 3 is 2.38 bits per heavy atom. The van der Waals surface area contributed by atoms with E-state index in [4.69, 9.17) is 5.73 Å². The van der Waals surface area contributed by atoms with E-state index < -0.39 is 0 Å². The van der Waals surface area contributed by atoms with Gasteiger partial charge in [-0.3, -0.25) is 0 Å². The molecule has 0 radical (unpaired) electrons. The highest BCUT2D eigenvalue weighted by Gasteiger charge is 2.05. The molecule has 80 valence electrons. The molecule has 2 rings (SSSR count). The van der Waals surface area contributed by atoms with E-state index in [1.54, 1.807) is 0 Å². The van der Waals surface area contributed by atoms with Gasteiger partial charge in [0.25, 0.3) is 0 Å². The molecule has 0 heterocycles. The maximum Gasteiger partial charge on any atom is 0.0190 e. The fourth-order valence-corrected chi connectivity index (χ4v) is 1.91. The van der Waals surface area contributed by atoms with E-state index in [2.05, 4.69) is 24.8 Å². The fourth-order valence-electron chi connectivity index (χ4n) is 1.91. The second kappa shape index (κ2) is 4.77. The molecule has 0 bridgehead atoms. The van der Waals surface area contributed by atoms with Gasteiger partial charge in [0.1, 0.15) is 0 Å². The summed E-state index contributed by atoms with van der Waals surface area (Å²) in [5.74, 6) is 0. The predicted octanol–water partition coefficient (Wildman–Crippen LogP) is 3.46. The van der Waals surface area contributed by atoms with E-state index in [9.17, 15) is 0 Å². The van der Waals surface area contributed by atoms with Crippen molar-refractivity contribution in [3.63, 3.8) is 0 Å². The van der Waals surface area contributed by atoms with Crippen LogP contribution in [-0.2, 0) is 6.54 Å².